The molecule has 0 saturated heterocycles. The highest BCUT2D eigenvalue weighted by molar-refractivity contribution is 7.99. The molecule has 0 unspecified atom stereocenters. The van der Waals surface area contributed by atoms with Gasteiger partial charge in [-0.3, -0.25) is 0 Å². The van der Waals surface area contributed by atoms with Crippen molar-refractivity contribution in [2.24, 2.45) is 0 Å². The number of hydrogen-bond acceptors (Lipinski definition) is 3. The second kappa shape index (κ2) is 10.6. The Morgan fingerprint density at radius 3 is 1.75 bits per heavy atom. The Bertz CT molecular complexity index is 2490. The third-order valence-electron chi connectivity index (χ3n) is 9.97. The Kier molecular flexibility index (Phi) is 6.06. The summed E-state index contributed by atoms with van der Waals surface area (Å²) in [7, 11) is 0. The van der Waals surface area contributed by atoms with Crippen LogP contribution in [0.2, 0.25) is 0 Å². The van der Waals surface area contributed by atoms with Gasteiger partial charge in [0.05, 0.1) is 16.6 Å². The third kappa shape index (κ3) is 3.95. The number of benzene rings is 7. The number of hydrogen-bond donors (Lipinski definition) is 0. The molecule has 2 aliphatic rings. The number of nitrogens with zero attached hydrogens (tertiary/aromatic N) is 2. The van der Waals surface area contributed by atoms with Crippen LogP contribution in [-0.2, 0) is 5.41 Å². The lowest BCUT2D eigenvalue weighted by Crippen LogP contribution is -2.31. The number of fused-ring (bicyclic) bond motifs is 10. The molecule has 0 fully saturated rings. The van der Waals surface area contributed by atoms with Crippen LogP contribution in [0.1, 0.15) is 22.3 Å². The van der Waals surface area contributed by atoms with Gasteiger partial charge in [-0.15, -0.1) is 0 Å². The van der Waals surface area contributed by atoms with Crippen LogP contribution in [-0.4, -0.2) is 9.97 Å². The van der Waals surface area contributed by atoms with Crippen LogP contribution in [0.4, 0.5) is 0 Å². The van der Waals surface area contributed by atoms with E-state index in [9.17, 15) is 0 Å². The third-order valence-corrected chi connectivity index (χ3v) is 11.1. The van der Waals surface area contributed by atoms with Crippen LogP contribution in [0.25, 0.3) is 55.8 Å². The van der Waals surface area contributed by atoms with Gasteiger partial charge in [0.1, 0.15) is 0 Å². The molecular weight excluding hydrogens is 601 g/mol. The molecule has 0 amide bonds. The van der Waals surface area contributed by atoms with E-state index in [0.717, 1.165) is 33.5 Å². The summed E-state index contributed by atoms with van der Waals surface area (Å²) in [5.74, 6) is 0.733. The summed E-state index contributed by atoms with van der Waals surface area (Å²) in [6.07, 6.45) is 0. The highest BCUT2D eigenvalue weighted by Crippen LogP contribution is 2.62. The summed E-state index contributed by atoms with van der Waals surface area (Å²) in [5.41, 5.74) is 14.0. The van der Waals surface area contributed by atoms with Crippen molar-refractivity contribution in [3.8, 4) is 44.9 Å². The largest absolute Gasteiger partial charge is 0.228 e. The maximum absolute atomic E-state index is 5.09. The van der Waals surface area contributed by atoms with Crippen LogP contribution in [0.15, 0.2) is 180 Å². The van der Waals surface area contributed by atoms with Crippen LogP contribution in [0.3, 0.4) is 0 Å². The summed E-state index contributed by atoms with van der Waals surface area (Å²) in [4.78, 5) is 12.7. The molecule has 48 heavy (non-hydrogen) atoms. The first kappa shape index (κ1) is 27.4. The second-order valence-corrected chi connectivity index (χ2v) is 13.6. The monoisotopic (exact) mass is 628 g/mol. The lowest BCUT2D eigenvalue weighted by molar-refractivity contribution is 0.722. The van der Waals surface area contributed by atoms with Gasteiger partial charge in [0.2, 0.25) is 0 Å². The van der Waals surface area contributed by atoms with Crippen LogP contribution in [0.5, 0.6) is 0 Å². The van der Waals surface area contributed by atoms with Crippen molar-refractivity contribution in [2.45, 2.75) is 15.2 Å². The molecule has 1 spiro atoms. The lowest BCUT2D eigenvalue weighted by atomic mass is 9.67. The Balaban J connectivity index is 1.10. The van der Waals surface area contributed by atoms with E-state index in [4.69, 9.17) is 9.97 Å². The van der Waals surface area contributed by atoms with Gasteiger partial charge in [-0.2, -0.15) is 0 Å². The van der Waals surface area contributed by atoms with E-state index in [2.05, 4.69) is 152 Å². The highest BCUT2D eigenvalue weighted by Gasteiger charge is 2.50. The zero-order chi connectivity index (χ0) is 31.7. The smallest absolute Gasteiger partial charge is 0.160 e. The maximum atomic E-state index is 5.09. The van der Waals surface area contributed by atoms with Crippen LogP contribution >= 0.6 is 11.8 Å². The molecule has 1 aromatic heterocycles. The molecule has 2 nitrogen and oxygen atoms in total. The van der Waals surface area contributed by atoms with E-state index < -0.39 is 0 Å². The molecule has 8 aromatic rings. The van der Waals surface area contributed by atoms with Gasteiger partial charge in [0, 0.05) is 26.3 Å². The standard InChI is InChI=1S/C45H28N2S/c1-2-12-30(13-3-1)43-34-15-5-9-19-40(34)46-44(47-43)31-24-22-29(23-25-31)32-26-27-37-35(28-32)33-14-4-6-16-36(33)45(37)38-17-7-10-20-41(38)48-42-21-11-8-18-39(42)45/h1-28H. The van der Waals surface area contributed by atoms with Gasteiger partial charge in [-0.1, -0.05) is 157 Å². The van der Waals surface area contributed by atoms with Gasteiger partial charge < -0.3 is 0 Å². The molecule has 3 heteroatoms. The summed E-state index contributed by atoms with van der Waals surface area (Å²) in [6, 6.07) is 61.3. The minimum Gasteiger partial charge on any atom is -0.228 e. The first-order chi connectivity index (χ1) is 23.8. The first-order valence-corrected chi connectivity index (χ1v) is 17.1. The summed E-state index contributed by atoms with van der Waals surface area (Å²) < 4.78 is 0. The van der Waals surface area contributed by atoms with Crippen LogP contribution < -0.4 is 0 Å². The zero-order valence-electron chi connectivity index (χ0n) is 26.0. The van der Waals surface area contributed by atoms with Crippen molar-refractivity contribution >= 4 is 22.7 Å². The molecule has 0 N–H and O–H groups in total. The van der Waals surface area contributed by atoms with Crippen LogP contribution in [0, 0.1) is 0 Å². The van der Waals surface area contributed by atoms with Gasteiger partial charge in [0.15, 0.2) is 5.82 Å². The van der Waals surface area contributed by atoms with E-state index in [0.29, 0.717) is 0 Å². The van der Waals surface area contributed by atoms with Gasteiger partial charge in [-0.05, 0) is 68.8 Å². The minimum absolute atomic E-state index is 0.351. The van der Waals surface area contributed by atoms with Crippen molar-refractivity contribution in [2.75, 3.05) is 0 Å². The molecule has 224 valence electrons. The highest BCUT2D eigenvalue weighted by atomic mass is 32.2. The molecule has 1 aliphatic heterocycles. The van der Waals surface area contributed by atoms with Crippen molar-refractivity contribution in [1.29, 1.82) is 0 Å². The van der Waals surface area contributed by atoms with E-state index in [1.165, 1.54) is 54.3 Å². The Labute approximate surface area is 283 Å². The lowest BCUT2D eigenvalue weighted by Gasteiger charge is -2.39. The quantitative estimate of drug-likeness (QED) is 0.195. The Hall–Kier alpha value is -5.77. The summed E-state index contributed by atoms with van der Waals surface area (Å²) in [5, 5.41) is 1.06. The number of para-hydroxylation sites is 1. The summed E-state index contributed by atoms with van der Waals surface area (Å²) in [6.45, 7) is 0. The molecular formula is C45H28N2S. The molecule has 10 rings (SSSR count). The zero-order valence-corrected chi connectivity index (χ0v) is 26.8. The van der Waals surface area contributed by atoms with Gasteiger partial charge in [-0.25, -0.2) is 9.97 Å². The van der Waals surface area contributed by atoms with E-state index >= 15 is 0 Å². The molecule has 7 aromatic carbocycles. The molecule has 0 saturated carbocycles. The Morgan fingerprint density at radius 1 is 0.396 bits per heavy atom. The maximum Gasteiger partial charge on any atom is 0.160 e. The Morgan fingerprint density at radius 2 is 0.979 bits per heavy atom. The normalized spacial score (nSPS) is 13.5. The molecule has 2 heterocycles. The van der Waals surface area contributed by atoms with Crippen molar-refractivity contribution in [3.05, 3.63) is 192 Å². The average molecular weight is 629 g/mol. The SMILES string of the molecule is c1ccc(-c2nc(-c3ccc(-c4ccc5c(c4)-c4ccccc4C54c5ccccc5Sc5ccccc54)cc3)nc3ccccc23)cc1. The van der Waals surface area contributed by atoms with Crippen molar-refractivity contribution in [1.82, 2.24) is 9.97 Å². The number of aromatic nitrogens is 2. The minimum atomic E-state index is -0.351. The topological polar surface area (TPSA) is 25.8 Å². The fourth-order valence-corrected chi connectivity index (χ4v) is 9.06. The predicted molar refractivity (Wildman–Crippen MR) is 197 cm³/mol. The summed E-state index contributed by atoms with van der Waals surface area (Å²) >= 11 is 1.88. The molecule has 0 radical (unpaired) electrons. The molecule has 1 aliphatic carbocycles. The van der Waals surface area contributed by atoms with Gasteiger partial charge >= 0.3 is 0 Å². The predicted octanol–water partition coefficient (Wildman–Crippen LogP) is 11.5. The average Bonchev–Trinajstić information content (AvgIpc) is 3.45. The number of rotatable bonds is 3. The van der Waals surface area contributed by atoms with E-state index in [-0.39, 0.29) is 5.41 Å². The van der Waals surface area contributed by atoms with E-state index in [1.54, 1.807) is 0 Å². The van der Waals surface area contributed by atoms with Gasteiger partial charge in [0.25, 0.3) is 0 Å². The van der Waals surface area contributed by atoms with E-state index in [1.807, 2.05) is 30.0 Å². The molecule has 0 bridgehead atoms. The second-order valence-electron chi connectivity index (χ2n) is 12.5. The fourth-order valence-electron chi connectivity index (χ4n) is 7.87. The van der Waals surface area contributed by atoms with Crippen molar-refractivity contribution in [3.63, 3.8) is 0 Å². The van der Waals surface area contributed by atoms with Crippen molar-refractivity contribution < 1.29 is 0 Å². The molecule has 0 atom stereocenters. The fraction of sp³-hybridized carbons (Fsp3) is 0.0222. The first-order valence-electron chi connectivity index (χ1n) is 16.3.